The number of carbonyl (C=O) groups is 1. The van der Waals surface area contributed by atoms with Crippen molar-refractivity contribution < 1.29 is 9.90 Å². The molecule has 4 heteroatoms. The number of aromatic nitrogens is 2. The summed E-state index contributed by atoms with van der Waals surface area (Å²) >= 11 is 0. The number of rotatable bonds is 3. The van der Waals surface area contributed by atoms with Crippen LogP contribution in [0.25, 0.3) is 0 Å². The highest BCUT2D eigenvalue weighted by molar-refractivity contribution is 5.74. The summed E-state index contributed by atoms with van der Waals surface area (Å²) in [7, 11) is 1.91. The van der Waals surface area contributed by atoms with Gasteiger partial charge in [-0.05, 0) is 25.8 Å². The number of aryl methyl sites for hydroxylation is 1. The van der Waals surface area contributed by atoms with Gasteiger partial charge in [0, 0.05) is 18.7 Å². The molecule has 1 aliphatic carbocycles. The van der Waals surface area contributed by atoms with Gasteiger partial charge in [-0.25, -0.2) is 0 Å². The predicted octanol–water partition coefficient (Wildman–Crippen LogP) is 2.27. The monoisotopic (exact) mass is 222 g/mol. The molecule has 1 aliphatic rings. The maximum absolute atomic E-state index is 10.9. The smallest absolute Gasteiger partial charge is 0.312 e. The lowest BCUT2D eigenvalue weighted by Crippen LogP contribution is -2.08. The minimum atomic E-state index is -0.809. The average molecular weight is 222 g/mol. The zero-order chi connectivity index (χ0) is 11.7. The van der Waals surface area contributed by atoms with E-state index in [2.05, 4.69) is 5.10 Å². The quantitative estimate of drug-likeness (QED) is 0.853. The maximum Gasteiger partial charge on any atom is 0.312 e. The van der Waals surface area contributed by atoms with Crippen molar-refractivity contribution >= 4 is 5.97 Å². The molecule has 0 aromatic carbocycles. The van der Waals surface area contributed by atoms with E-state index >= 15 is 0 Å². The molecule has 0 aliphatic heterocycles. The largest absolute Gasteiger partial charge is 0.481 e. The zero-order valence-corrected chi connectivity index (χ0v) is 9.81. The van der Waals surface area contributed by atoms with E-state index in [0.717, 1.165) is 0 Å². The van der Waals surface area contributed by atoms with Crippen LogP contribution in [0.2, 0.25) is 0 Å². The molecule has 0 radical (unpaired) electrons. The summed E-state index contributed by atoms with van der Waals surface area (Å²) in [6.45, 7) is 1.68. The number of hydrogen-bond donors (Lipinski definition) is 1. The van der Waals surface area contributed by atoms with Gasteiger partial charge in [0.2, 0.25) is 0 Å². The van der Waals surface area contributed by atoms with Crippen molar-refractivity contribution in [3.05, 3.63) is 17.5 Å². The third-order valence-corrected chi connectivity index (χ3v) is 3.52. The third kappa shape index (κ3) is 1.96. The summed E-state index contributed by atoms with van der Waals surface area (Å²) in [5, 5.41) is 13.3. The van der Waals surface area contributed by atoms with Crippen molar-refractivity contribution in [1.29, 1.82) is 0 Å². The van der Waals surface area contributed by atoms with Crippen LogP contribution in [0.4, 0.5) is 0 Å². The van der Waals surface area contributed by atoms with Gasteiger partial charge in [-0.15, -0.1) is 0 Å². The first kappa shape index (κ1) is 11.2. The lowest BCUT2D eigenvalue weighted by molar-refractivity contribution is -0.138. The highest BCUT2D eigenvalue weighted by Gasteiger charge is 2.24. The molecule has 0 saturated heterocycles. The van der Waals surface area contributed by atoms with E-state index in [0.29, 0.717) is 11.6 Å². The van der Waals surface area contributed by atoms with Crippen LogP contribution in [0.1, 0.15) is 55.8 Å². The maximum atomic E-state index is 10.9. The van der Waals surface area contributed by atoms with Crippen LogP contribution in [-0.2, 0) is 11.8 Å². The molecule has 88 valence electrons. The lowest BCUT2D eigenvalue weighted by Gasteiger charge is -2.08. The van der Waals surface area contributed by atoms with E-state index in [1.54, 1.807) is 6.92 Å². The molecule has 1 atom stereocenters. The molecule has 1 heterocycles. The Labute approximate surface area is 95.3 Å². The molecule has 1 fully saturated rings. The number of carboxylic acid groups (broad SMARTS) is 1. The van der Waals surface area contributed by atoms with Gasteiger partial charge in [0.05, 0.1) is 11.6 Å². The Morgan fingerprint density at radius 3 is 2.75 bits per heavy atom. The van der Waals surface area contributed by atoms with Crippen LogP contribution in [0, 0.1) is 0 Å². The van der Waals surface area contributed by atoms with Crippen molar-refractivity contribution in [3.63, 3.8) is 0 Å². The molecule has 1 aromatic rings. The van der Waals surface area contributed by atoms with Crippen molar-refractivity contribution in [3.8, 4) is 0 Å². The van der Waals surface area contributed by atoms with Crippen molar-refractivity contribution in [2.24, 2.45) is 7.05 Å². The van der Waals surface area contributed by atoms with Gasteiger partial charge in [0.1, 0.15) is 0 Å². The van der Waals surface area contributed by atoms with Gasteiger partial charge in [0.25, 0.3) is 0 Å². The number of carboxylic acids is 1. The molecule has 1 unspecified atom stereocenters. The Morgan fingerprint density at radius 2 is 2.19 bits per heavy atom. The zero-order valence-electron chi connectivity index (χ0n) is 9.81. The molecule has 1 aromatic heterocycles. The first-order chi connectivity index (χ1) is 7.59. The second-order valence-electron chi connectivity index (χ2n) is 4.66. The minimum Gasteiger partial charge on any atom is -0.481 e. The van der Waals surface area contributed by atoms with E-state index in [4.69, 9.17) is 5.11 Å². The predicted molar refractivity (Wildman–Crippen MR) is 60.5 cm³/mol. The fraction of sp³-hybridized carbons (Fsp3) is 0.667. The second kappa shape index (κ2) is 4.28. The van der Waals surface area contributed by atoms with E-state index < -0.39 is 11.9 Å². The standard InChI is InChI=1S/C12H18N2O2/c1-8(12(15)16)10-7-11(14(2)13-10)9-5-3-4-6-9/h7-9H,3-6H2,1-2H3,(H,15,16). The molecule has 0 spiro atoms. The van der Waals surface area contributed by atoms with Gasteiger partial charge in [0.15, 0.2) is 0 Å². The van der Waals surface area contributed by atoms with Crippen molar-refractivity contribution in [2.75, 3.05) is 0 Å². The van der Waals surface area contributed by atoms with Crippen LogP contribution in [0.5, 0.6) is 0 Å². The Bertz CT molecular complexity index is 392. The van der Waals surface area contributed by atoms with Gasteiger partial charge < -0.3 is 5.11 Å². The highest BCUT2D eigenvalue weighted by atomic mass is 16.4. The lowest BCUT2D eigenvalue weighted by atomic mass is 10.0. The van der Waals surface area contributed by atoms with Gasteiger partial charge >= 0.3 is 5.97 Å². The average Bonchev–Trinajstić information content (AvgIpc) is 2.84. The molecule has 2 rings (SSSR count). The van der Waals surface area contributed by atoms with Crippen molar-refractivity contribution in [1.82, 2.24) is 9.78 Å². The Kier molecular flexibility index (Phi) is 2.99. The first-order valence-corrected chi connectivity index (χ1v) is 5.86. The molecular formula is C12H18N2O2. The summed E-state index contributed by atoms with van der Waals surface area (Å²) in [5.74, 6) is -0.746. The molecule has 0 amide bonds. The van der Waals surface area contributed by atoms with Crippen molar-refractivity contribution in [2.45, 2.75) is 44.4 Å². The topological polar surface area (TPSA) is 55.1 Å². The summed E-state index contributed by atoms with van der Waals surface area (Å²) in [4.78, 5) is 10.9. The molecule has 0 bridgehead atoms. The summed E-state index contributed by atoms with van der Waals surface area (Å²) in [6.07, 6.45) is 4.97. The number of hydrogen-bond acceptors (Lipinski definition) is 2. The van der Waals surface area contributed by atoms with Crippen LogP contribution in [0.3, 0.4) is 0 Å². The van der Waals surface area contributed by atoms with Crippen LogP contribution in [0.15, 0.2) is 6.07 Å². The highest BCUT2D eigenvalue weighted by Crippen LogP contribution is 2.34. The van der Waals surface area contributed by atoms with E-state index in [1.165, 1.54) is 31.4 Å². The molecule has 4 nitrogen and oxygen atoms in total. The molecule has 16 heavy (non-hydrogen) atoms. The van der Waals surface area contributed by atoms with E-state index in [-0.39, 0.29) is 0 Å². The summed E-state index contributed by atoms with van der Waals surface area (Å²) < 4.78 is 1.85. The Hall–Kier alpha value is -1.32. The SMILES string of the molecule is CC(C(=O)O)c1cc(C2CCCC2)n(C)n1. The second-order valence-corrected chi connectivity index (χ2v) is 4.66. The Morgan fingerprint density at radius 1 is 1.56 bits per heavy atom. The normalized spacial score (nSPS) is 18.9. The minimum absolute atomic E-state index is 0.513. The fourth-order valence-corrected chi connectivity index (χ4v) is 2.45. The van der Waals surface area contributed by atoms with Crippen LogP contribution < -0.4 is 0 Å². The first-order valence-electron chi connectivity index (χ1n) is 5.86. The molecule has 1 saturated carbocycles. The number of aliphatic carboxylic acids is 1. The molecule has 1 N–H and O–H groups in total. The Balaban J connectivity index is 2.24. The van der Waals surface area contributed by atoms with Crippen LogP contribution >= 0.6 is 0 Å². The van der Waals surface area contributed by atoms with E-state index in [1.807, 2.05) is 17.8 Å². The van der Waals surface area contributed by atoms with Gasteiger partial charge in [-0.3, -0.25) is 9.48 Å². The molecular weight excluding hydrogens is 204 g/mol. The fourth-order valence-electron chi connectivity index (χ4n) is 2.45. The summed E-state index contributed by atoms with van der Waals surface area (Å²) in [6, 6.07) is 1.97. The number of nitrogens with zero attached hydrogens (tertiary/aromatic N) is 2. The van der Waals surface area contributed by atoms with Gasteiger partial charge in [-0.1, -0.05) is 12.8 Å². The van der Waals surface area contributed by atoms with E-state index in [9.17, 15) is 4.79 Å². The van der Waals surface area contributed by atoms with Crippen LogP contribution in [-0.4, -0.2) is 20.9 Å². The third-order valence-electron chi connectivity index (χ3n) is 3.52. The van der Waals surface area contributed by atoms with Gasteiger partial charge in [-0.2, -0.15) is 5.10 Å². The summed E-state index contributed by atoms with van der Waals surface area (Å²) in [5.41, 5.74) is 1.87.